The van der Waals surface area contributed by atoms with E-state index in [0.29, 0.717) is 18.8 Å². The van der Waals surface area contributed by atoms with Crippen LogP contribution < -0.4 is 5.73 Å². The third-order valence-electron chi connectivity index (χ3n) is 4.15. The average Bonchev–Trinajstić information content (AvgIpc) is 3.15. The van der Waals surface area contributed by atoms with Crippen molar-refractivity contribution in [2.24, 2.45) is 11.1 Å². The quantitative estimate of drug-likeness (QED) is 0.946. The molecule has 1 aliphatic heterocycles. The molecule has 3 rings (SSSR count). The highest BCUT2D eigenvalue weighted by Gasteiger charge is 2.35. The Morgan fingerprint density at radius 2 is 2.18 bits per heavy atom. The molecule has 1 amide bonds. The van der Waals surface area contributed by atoms with E-state index in [1.54, 1.807) is 17.5 Å². The van der Waals surface area contributed by atoms with E-state index in [4.69, 9.17) is 5.73 Å². The lowest BCUT2D eigenvalue weighted by atomic mass is 9.90. The Morgan fingerprint density at radius 1 is 1.45 bits per heavy atom. The predicted octanol–water partition coefficient (Wildman–Crippen LogP) is 2.76. The van der Waals surface area contributed by atoms with E-state index in [2.05, 4.69) is 11.9 Å². The Morgan fingerprint density at radius 3 is 2.82 bits per heavy atom. The summed E-state index contributed by atoms with van der Waals surface area (Å²) in [6.07, 6.45) is 0.921. The molecular weight excluding hydrogens is 301 g/mol. The first-order valence-corrected chi connectivity index (χ1v) is 8.09. The maximum Gasteiger partial charge on any atom is 0.273 e. The van der Waals surface area contributed by atoms with Gasteiger partial charge < -0.3 is 10.6 Å². The molecule has 1 unspecified atom stereocenters. The molecule has 0 bridgehead atoms. The summed E-state index contributed by atoms with van der Waals surface area (Å²) in [6, 6.07) is 6.13. The van der Waals surface area contributed by atoms with Crippen LogP contribution in [0, 0.1) is 11.2 Å². The van der Waals surface area contributed by atoms with E-state index in [1.165, 1.54) is 23.5 Å². The minimum absolute atomic E-state index is 0.00542. The van der Waals surface area contributed by atoms with E-state index in [1.807, 2.05) is 4.90 Å². The lowest BCUT2D eigenvalue weighted by molar-refractivity contribution is 0.0772. The van der Waals surface area contributed by atoms with Gasteiger partial charge in [-0.2, -0.15) is 0 Å². The lowest BCUT2D eigenvalue weighted by Gasteiger charge is -2.22. The molecule has 1 aromatic carbocycles. The minimum Gasteiger partial charge on any atom is -0.337 e. The molecule has 0 radical (unpaired) electrons. The number of carbonyl (C=O) groups is 1. The second kappa shape index (κ2) is 5.78. The van der Waals surface area contributed by atoms with Crippen molar-refractivity contribution in [1.82, 2.24) is 9.88 Å². The highest BCUT2D eigenvalue weighted by Crippen LogP contribution is 2.30. The smallest absolute Gasteiger partial charge is 0.273 e. The van der Waals surface area contributed by atoms with Crippen LogP contribution in [0.2, 0.25) is 0 Å². The molecule has 2 heterocycles. The number of hydrogen-bond acceptors (Lipinski definition) is 4. The third-order valence-corrected chi connectivity index (χ3v) is 5.04. The van der Waals surface area contributed by atoms with Crippen LogP contribution in [-0.2, 0) is 0 Å². The summed E-state index contributed by atoms with van der Waals surface area (Å²) in [7, 11) is 0. The highest BCUT2D eigenvalue weighted by atomic mass is 32.1. The molecule has 6 heteroatoms. The molecule has 0 spiro atoms. The van der Waals surface area contributed by atoms with Crippen LogP contribution >= 0.6 is 11.3 Å². The van der Waals surface area contributed by atoms with Crippen molar-refractivity contribution in [3.05, 3.63) is 41.2 Å². The number of nitrogens with two attached hydrogens (primary N) is 1. The van der Waals surface area contributed by atoms with Gasteiger partial charge in [-0.1, -0.05) is 6.92 Å². The molecular formula is C16H18FN3OS. The SMILES string of the molecule is CC1(CN)CCN(C(=O)c2csc(-c3ccc(F)cc3)n2)C1. The maximum absolute atomic E-state index is 13.0. The fourth-order valence-corrected chi connectivity index (χ4v) is 3.42. The lowest BCUT2D eigenvalue weighted by Crippen LogP contribution is -2.34. The number of thiazole rings is 1. The van der Waals surface area contributed by atoms with Gasteiger partial charge in [-0.3, -0.25) is 4.79 Å². The first kappa shape index (κ1) is 15.1. The summed E-state index contributed by atoms with van der Waals surface area (Å²) in [4.78, 5) is 18.7. The number of hydrogen-bond donors (Lipinski definition) is 1. The summed E-state index contributed by atoms with van der Waals surface area (Å²) in [5, 5.41) is 2.49. The summed E-state index contributed by atoms with van der Waals surface area (Å²) >= 11 is 1.40. The van der Waals surface area contributed by atoms with Crippen LogP contribution in [0.15, 0.2) is 29.6 Å². The Balaban J connectivity index is 1.76. The van der Waals surface area contributed by atoms with Crippen molar-refractivity contribution in [3.63, 3.8) is 0 Å². The van der Waals surface area contributed by atoms with Crippen LogP contribution in [0.1, 0.15) is 23.8 Å². The Bertz CT molecular complexity index is 685. The zero-order valence-corrected chi connectivity index (χ0v) is 13.2. The largest absolute Gasteiger partial charge is 0.337 e. The molecule has 1 fully saturated rings. The molecule has 116 valence electrons. The Labute approximate surface area is 132 Å². The summed E-state index contributed by atoms with van der Waals surface area (Å²) in [5.41, 5.74) is 7.05. The number of carbonyl (C=O) groups excluding carboxylic acids is 1. The van der Waals surface area contributed by atoms with Gasteiger partial charge in [-0.25, -0.2) is 9.37 Å². The minimum atomic E-state index is -0.283. The van der Waals surface area contributed by atoms with E-state index in [9.17, 15) is 9.18 Å². The number of halogens is 1. The molecule has 1 aromatic heterocycles. The van der Waals surface area contributed by atoms with Crippen molar-refractivity contribution >= 4 is 17.2 Å². The van der Waals surface area contributed by atoms with Crippen LogP contribution in [-0.4, -0.2) is 35.4 Å². The second-order valence-electron chi connectivity index (χ2n) is 6.04. The molecule has 1 atom stereocenters. The van der Waals surface area contributed by atoms with Crippen molar-refractivity contribution in [1.29, 1.82) is 0 Å². The number of likely N-dealkylation sites (tertiary alicyclic amines) is 1. The third kappa shape index (κ3) is 2.89. The number of benzene rings is 1. The molecule has 1 saturated heterocycles. The Hall–Kier alpha value is -1.79. The number of nitrogens with zero attached hydrogens (tertiary/aromatic N) is 2. The summed E-state index contributed by atoms with van der Waals surface area (Å²) in [6.45, 7) is 4.07. The molecule has 0 saturated carbocycles. The summed E-state index contributed by atoms with van der Waals surface area (Å²) < 4.78 is 13.0. The van der Waals surface area contributed by atoms with Crippen LogP contribution in [0.5, 0.6) is 0 Å². The van der Waals surface area contributed by atoms with Crippen LogP contribution in [0.4, 0.5) is 4.39 Å². The van der Waals surface area contributed by atoms with Crippen LogP contribution in [0.25, 0.3) is 10.6 Å². The fourth-order valence-electron chi connectivity index (χ4n) is 2.62. The standard InChI is InChI=1S/C16H18FN3OS/c1-16(9-18)6-7-20(10-16)15(21)13-8-22-14(19-13)11-2-4-12(17)5-3-11/h2-5,8H,6-7,9-10,18H2,1H3. The van der Waals surface area contributed by atoms with Crippen molar-refractivity contribution < 1.29 is 9.18 Å². The highest BCUT2D eigenvalue weighted by molar-refractivity contribution is 7.13. The number of aromatic nitrogens is 1. The van der Waals surface area contributed by atoms with E-state index in [-0.39, 0.29) is 17.1 Å². The molecule has 2 aromatic rings. The first-order chi connectivity index (χ1) is 10.5. The predicted molar refractivity (Wildman–Crippen MR) is 85.2 cm³/mol. The zero-order chi connectivity index (χ0) is 15.7. The van der Waals surface area contributed by atoms with Gasteiger partial charge in [-0.15, -0.1) is 11.3 Å². The summed E-state index contributed by atoms with van der Waals surface area (Å²) in [5.74, 6) is -0.337. The van der Waals surface area contributed by atoms with Crippen molar-refractivity contribution in [3.8, 4) is 10.6 Å². The van der Waals surface area contributed by atoms with Gasteiger partial charge in [0.15, 0.2) is 0 Å². The van der Waals surface area contributed by atoms with Gasteiger partial charge in [0.1, 0.15) is 16.5 Å². The van der Waals surface area contributed by atoms with E-state index < -0.39 is 0 Å². The van der Waals surface area contributed by atoms with Gasteiger partial charge in [0.25, 0.3) is 5.91 Å². The average molecular weight is 319 g/mol. The van der Waals surface area contributed by atoms with Gasteiger partial charge in [0.2, 0.25) is 0 Å². The number of amides is 1. The van der Waals surface area contributed by atoms with Gasteiger partial charge >= 0.3 is 0 Å². The topological polar surface area (TPSA) is 59.2 Å². The van der Waals surface area contributed by atoms with Crippen molar-refractivity contribution in [2.45, 2.75) is 13.3 Å². The molecule has 22 heavy (non-hydrogen) atoms. The van der Waals surface area contributed by atoms with Gasteiger partial charge in [0.05, 0.1) is 0 Å². The Kier molecular flexibility index (Phi) is 3.97. The molecule has 0 aliphatic carbocycles. The normalized spacial score (nSPS) is 21.3. The van der Waals surface area contributed by atoms with Crippen LogP contribution in [0.3, 0.4) is 0 Å². The number of rotatable bonds is 3. The molecule has 4 nitrogen and oxygen atoms in total. The molecule has 1 aliphatic rings. The van der Waals surface area contributed by atoms with Gasteiger partial charge in [-0.05, 0) is 42.6 Å². The second-order valence-corrected chi connectivity index (χ2v) is 6.89. The van der Waals surface area contributed by atoms with Crippen molar-refractivity contribution in [2.75, 3.05) is 19.6 Å². The first-order valence-electron chi connectivity index (χ1n) is 7.22. The van der Waals surface area contributed by atoms with E-state index >= 15 is 0 Å². The van der Waals surface area contributed by atoms with Gasteiger partial charge in [0, 0.05) is 24.0 Å². The monoisotopic (exact) mass is 319 g/mol. The maximum atomic E-state index is 13.0. The zero-order valence-electron chi connectivity index (χ0n) is 12.4. The molecule has 2 N–H and O–H groups in total. The fraction of sp³-hybridized carbons (Fsp3) is 0.375. The van der Waals surface area contributed by atoms with E-state index in [0.717, 1.165) is 23.5 Å².